The monoisotopic (exact) mass is 306 g/mol. The van der Waals surface area contributed by atoms with Gasteiger partial charge in [-0.2, -0.15) is 5.10 Å². The fraction of sp³-hybridized carbons (Fsp3) is 0.375. The summed E-state index contributed by atoms with van der Waals surface area (Å²) < 4.78 is 6.89. The number of ether oxygens (including phenoxy) is 1. The Labute approximate surface area is 129 Å². The van der Waals surface area contributed by atoms with E-state index >= 15 is 0 Å². The van der Waals surface area contributed by atoms with Crippen LogP contribution in [-0.2, 0) is 22.5 Å². The van der Waals surface area contributed by atoms with E-state index in [9.17, 15) is 4.79 Å². The molecule has 21 heavy (non-hydrogen) atoms. The second kappa shape index (κ2) is 6.76. The number of nitrogens with zero attached hydrogens (tertiary/aromatic N) is 2. The van der Waals surface area contributed by atoms with Gasteiger partial charge >= 0.3 is 5.97 Å². The molecule has 0 bridgehead atoms. The first-order chi connectivity index (χ1) is 10.0. The molecule has 0 fully saturated rings. The van der Waals surface area contributed by atoms with Crippen molar-refractivity contribution in [2.45, 2.75) is 33.7 Å². The van der Waals surface area contributed by atoms with Crippen molar-refractivity contribution in [3.8, 4) is 0 Å². The maximum absolute atomic E-state index is 11.7. The fourth-order valence-corrected chi connectivity index (χ4v) is 2.48. The van der Waals surface area contributed by atoms with Crippen LogP contribution in [0.15, 0.2) is 24.3 Å². The molecule has 5 heteroatoms. The molecule has 4 nitrogen and oxygen atoms in total. The molecule has 1 aromatic heterocycles. The maximum Gasteiger partial charge on any atom is 0.310 e. The van der Waals surface area contributed by atoms with Gasteiger partial charge in [0.2, 0.25) is 0 Å². The van der Waals surface area contributed by atoms with Gasteiger partial charge in [0.1, 0.15) is 0 Å². The molecule has 1 aromatic carbocycles. The Bertz CT molecular complexity index is 650. The van der Waals surface area contributed by atoms with Crippen molar-refractivity contribution in [3.05, 3.63) is 51.8 Å². The number of rotatable bonds is 5. The van der Waals surface area contributed by atoms with Gasteiger partial charge in [-0.1, -0.05) is 29.8 Å². The molecular weight excluding hydrogens is 288 g/mol. The first-order valence-electron chi connectivity index (χ1n) is 6.94. The molecule has 0 saturated heterocycles. The van der Waals surface area contributed by atoms with Gasteiger partial charge in [0, 0.05) is 16.3 Å². The zero-order chi connectivity index (χ0) is 15.4. The van der Waals surface area contributed by atoms with E-state index in [0.29, 0.717) is 13.2 Å². The Balaban J connectivity index is 2.23. The van der Waals surface area contributed by atoms with Crippen LogP contribution in [0.4, 0.5) is 0 Å². The van der Waals surface area contributed by atoms with Crippen molar-refractivity contribution in [1.29, 1.82) is 0 Å². The van der Waals surface area contributed by atoms with E-state index in [1.54, 1.807) is 6.92 Å². The maximum atomic E-state index is 11.7. The van der Waals surface area contributed by atoms with E-state index in [-0.39, 0.29) is 12.4 Å². The lowest BCUT2D eigenvalue weighted by atomic mass is 10.1. The van der Waals surface area contributed by atoms with Crippen LogP contribution in [0.3, 0.4) is 0 Å². The number of esters is 1. The van der Waals surface area contributed by atoms with Gasteiger partial charge in [-0.05, 0) is 32.4 Å². The predicted octanol–water partition coefficient (Wildman–Crippen LogP) is 3.31. The van der Waals surface area contributed by atoms with Crippen LogP contribution >= 0.6 is 11.6 Å². The largest absolute Gasteiger partial charge is 0.466 e. The number of hydrogen-bond acceptors (Lipinski definition) is 3. The lowest BCUT2D eigenvalue weighted by Gasteiger charge is -2.07. The van der Waals surface area contributed by atoms with Crippen molar-refractivity contribution in [1.82, 2.24) is 9.78 Å². The lowest BCUT2D eigenvalue weighted by Crippen LogP contribution is -2.09. The highest BCUT2D eigenvalue weighted by Gasteiger charge is 2.16. The minimum atomic E-state index is -0.221. The van der Waals surface area contributed by atoms with E-state index in [0.717, 1.165) is 27.5 Å². The quantitative estimate of drug-likeness (QED) is 0.796. The third-order valence-corrected chi connectivity index (χ3v) is 3.80. The Morgan fingerprint density at radius 3 is 2.71 bits per heavy atom. The molecule has 0 amide bonds. The van der Waals surface area contributed by atoms with Gasteiger partial charge in [0.05, 0.1) is 25.3 Å². The van der Waals surface area contributed by atoms with Crippen LogP contribution in [0.1, 0.15) is 29.4 Å². The number of halogens is 1. The highest BCUT2D eigenvalue weighted by atomic mass is 35.5. The molecule has 0 radical (unpaired) electrons. The van der Waals surface area contributed by atoms with E-state index in [1.807, 2.05) is 42.8 Å². The van der Waals surface area contributed by atoms with Crippen LogP contribution < -0.4 is 0 Å². The zero-order valence-corrected chi connectivity index (χ0v) is 13.3. The summed E-state index contributed by atoms with van der Waals surface area (Å²) in [4.78, 5) is 11.7. The molecule has 0 spiro atoms. The normalized spacial score (nSPS) is 10.7. The summed E-state index contributed by atoms with van der Waals surface area (Å²) in [5, 5.41) is 5.23. The summed E-state index contributed by atoms with van der Waals surface area (Å²) in [6, 6.07) is 7.69. The predicted molar refractivity (Wildman–Crippen MR) is 82.6 cm³/mol. The number of hydrogen-bond donors (Lipinski definition) is 0. The minimum Gasteiger partial charge on any atom is -0.466 e. The lowest BCUT2D eigenvalue weighted by molar-refractivity contribution is -0.142. The SMILES string of the molecule is CCOC(=O)Cc1c(C)nn(Cc2ccccc2Cl)c1C. The topological polar surface area (TPSA) is 44.1 Å². The van der Waals surface area contributed by atoms with Crippen LogP contribution in [0.2, 0.25) is 5.02 Å². The Kier molecular flexibility index (Phi) is 5.02. The summed E-state index contributed by atoms with van der Waals surface area (Å²) in [5.74, 6) is -0.221. The van der Waals surface area contributed by atoms with Gasteiger partial charge in [-0.25, -0.2) is 0 Å². The van der Waals surface area contributed by atoms with Crippen LogP contribution in [0.5, 0.6) is 0 Å². The van der Waals surface area contributed by atoms with Crippen molar-refractivity contribution in [2.24, 2.45) is 0 Å². The third kappa shape index (κ3) is 3.64. The number of benzene rings is 1. The standard InChI is InChI=1S/C16H19ClN2O2/c1-4-21-16(20)9-14-11(2)18-19(12(14)3)10-13-7-5-6-8-15(13)17/h5-8H,4,9-10H2,1-3H3. The smallest absolute Gasteiger partial charge is 0.310 e. The average Bonchev–Trinajstić information content (AvgIpc) is 2.69. The second-order valence-corrected chi connectivity index (χ2v) is 5.29. The Hall–Kier alpha value is -1.81. The van der Waals surface area contributed by atoms with E-state index < -0.39 is 0 Å². The van der Waals surface area contributed by atoms with Gasteiger partial charge in [-0.3, -0.25) is 9.48 Å². The molecule has 0 N–H and O–H groups in total. The van der Waals surface area contributed by atoms with E-state index in [2.05, 4.69) is 5.10 Å². The van der Waals surface area contributed by atoms with Crippen molar-refractivity contribution in [3.63, 3.8) is 0 Å². The van der Waals surface area contributed by atoms with Crippen molar-refractivity contribution in [2.75, 3.05) is 6.61 Å². The highest BCUT2D eigenvalue weighted by molar-refractivity contribution is 6.31. The van der Waals surface area contributed by atoms with Crippen molar-refractivity contribution < 1.29 is 9.53 Å². The molecule has 0 atom stereocenters. The Morgan fingerprint density at radius 1 is 1.33 bits per heavy atom. The summed E-state index contributed by atoms with van der Waals surface area (Å²) in [6.07, 6.45) is 0.258. The average molecular weight is 307 g/mol. The number of aromatic nitrogens is 2. The molecule has 0 unspecified atom stereocenters. The summed E-state index contributed by atoms with van der Waals surface area (Å²) in [6.45, 7) is 6.66. The molecule has 1 heterocycles. The second-order valence-electron chi connectivity index (χ2n) is 4.88. The van der Waals surface area contributed by atoms with Crippen LogP contribution in [0.25, 0.3) is 0 Å². The minimum absolute atomic E-state index is 0.221. The Morgan fingerprint density at radius 2 is 2.05 bits per heavy atom. The van der Waals surface area contributed by atoms with Crippen molar-refractivity contribution >= 4 is 17.6 Å². The van der Waals surface area contributed by atoms with Gasteiger partial charge in [0.25, 0.3) is 0 Å². The zero-order valence-electron chi connectivity index (χ0n) is 12.5. The molecule has 0 aliphatic heterocycles. The number of carbonyl (C=O) groups is 1. The van der Waals surface area contributed by atoms with Crippen LogP contribution in [-0.4, -0.2) is 22.4 Å². The highest BCUT2D eigenvalue weighted by Crippen LogP contribution is 2.20. The van der Waals surface area contributed by atoms with E-state index in [4.69, 9.17) is 16.3 Å². The molecular formula is C16H19ClN2O2. The number of aryl methyl sites for hydroxylation is 1. The first-order valence-corrected chi connectivity index (χ1v) is 7.32. The summed E-state index contributed by atoms with van der Waals surface area (Å²) in [7, 11) is 0. The molecule has 0 saturated carbocycles. The summed E-state index contributed by atoms with van der Waals surface area (Å²) >= 11 is 6.18. The molecule has 0 aliphatic rings. The van der Waals surface area contributed by atoms with Gasteiger partial charge < -0.3 is 4.74 Å². The van der Waals surface area contributed by atoms with Gasteiger partial charge in [0.15, 0.2) is 0 Å². The molecule has 2 aromatic rings. The van der Waals surface area contributed by atoms with Gasteiger partial charge in [-0.15, -0.1) is 0 Å². The third-order valence-electron chi connectivity index (χ3n) is 3.44. The first kappa shape index (κ1) is 15.6. The summed E-state index contributed by atoms with van der Waals surface area (Å²) in [5.41, 5.74) is 3.76. The molecule has 0 aliphatic carbocycles. The van der Waals surface area contributed by atoms with E-state index in [1.165, 1.54) is 0 Å². The van der Waals surface area contributed by atoms with Crippen LogP contribution in [0, 0.1) is 13.8 Å². The fourth-order valence-electron chi connectivity index (χ4n) is 2.29. The number of carbonyl (C=O) groups excluding carboxylic acids is 1. The molecule has 112 valence electrons. The molecule has 2 rings (SSSR count).